The van der Waals surface area contributed by atoms with E-state index in [1.165, 1.54) is 49.1 Å². The summed E-state index contributed by atoms with van der Waals surface area (Å²) in [5.74, 6) is -1.89. The first kappa shape index (κ1) is 24.3. The summed E-state index contributed by atoms with van der Waals surface area (Å²) in [6.45, 7) is 3.79. The van der Waals surface area contributed by atoms with Crippen molar-refractivity contribution in [1.82, 2.24) is 15.3 Å². The second kappa shape index (κ2) is 12.1. The molecular weight excluding hydrogens is 427 g/mol. The number of halogens is 1. The van der Waals surface area contributed by atoms with Gasteiger partial charge < -0.3 is 20.4 Å². The molecule has 176 valence electrons. The van der Waals surface area contributed by atoms with E-state index in [-0.39, 0.29) is 5.82 Å². The van der Waals surface area contributed by atoms with Gasteiger partial charge in [-0.1, -0.05) is 12.8 Å². The minimum atomic E-state index is -1.26. The van der Waals surface area contributed by atoms with Crippen LogP contribution in [0.5, 0.6) is 0 Å². The number of anilines is 1. The van der Waals surface area contributed by atoms with Gasteiger partial charge in [-0.3, -0.25) is 0 Å². The van der Waals surface area contributed by atoms with Gasteiger partial charge in [-0.05, 0) is 49.9 Å². The average Bonchev–Trinajstić information content (AvgIpc) is 2.79. The Morgan fingerprint density at radius 1 is 0.909 bits per heavy atom. The van der Waals surface area contributed by atoms with Crippen LogP contribution in [0.3, 0.4) is 0 Å². The summed E-state index contributed by atoms with van der Waals surface area (Å²) in [5, 5.41) is 19.0. The van der Waals surface area contributed by atoms with Crippen LogP contribution < -0.4 is 10.2 Å². The summed E-state index contributed by atoms with van der Waals surface area (Å²) in [7, 11) is 0. The van der Waals surface area contributed by atoms with E-state index < -0.39 is 11.9 Å². The van der Waals surface area contributed by atoms with E-state index in [0.29, 0.717) is 12.2 Å². The molecule has 0 amide bonds. The fourth-order valence-corrected chi connectivity index (χ4v) is 3.93. The van der Waals surface area contributed by atoms with Crippen LogP contribution in [0.4, 0.5) is 10.3 Å². The second-order valence-electron chi connectivity index (χ2n) is 7.97. The molecule has 0 bridgehead atoms. The van der Waals surface area contributed by atoms with Gasteiger partial charge in [-0.2, -0.15) is 0 Å². The molecule has 9 heteroatoms. The zero-order valence-electron chi connectivity index (χ0n) is 18.5. The van der Waals surface area contributed by atoms with E-state index in [1.807, 2.05) is 12.1 Å². The van der Waals surface area contributed by atoms with Crippen molar-refractivity contribution in [2.75, 3.05) is 31.1 Å². The van der Waals surface area contributed by atoms with Crippen LogP contribution >= 0.6 is 0 Å². The number of carbonyl (C=O) groups is 2. The molecule has 0 spiro atoms. The van der Waals surface area contributed by atoms with E-state index in [2.05, 4.69) is 10.2 Å². The Labute approximate surface area is 192 Å². The first-order valence-electron chi connectivity index (χ1n) is 11.2. The molecule has 33 heavy (non-hydrogen) atoms. The molecule has 0 saturated carbocycles. The molecule has 1 saturated heterocycles. The second-order valence-corrected chi connectivity index (χ2v) is 7.97. The lowest BCUT2D eigenvalue weighted by Gasteiger charge is -2.29. The van der Waals surface area contributed by atoms with Crippen LogP contribution in [0.1, 0.15) is 36.9 Å². The Bertz CT molecular complexity index is 973. The topological polar surface area (TPSA) is 116 Å². The van der Waals surface area contributed by atoms with Crippen LogP contribution in [0, 0.1) is 5.82 Å². The van der Waals surface area contributed by atoms with E-state index in [9.17, 15) is 14.0 Å². The number of aromatic nitrogens is 2. The predicted molar refractivity (Wildman–Crippen MR) is 123 cm³/mol. The number of aliphatic carboxylic acids is 2. The molecule has 2 aromatic rings. The normalized spacial score (nSPS) is 16.2. The molecule has 2 heterocycles. The number of rotatable bonds is 4. The molecule has 1 aromatic heterocycles. The molecule has 1 aliphatic carbocycles. The van der Waals surface area contributed by atoms with Crippen LogP contribution in [0.2, 0.25) is 0 Å². The third-order valence-corrected chi connectivity index (χ3v) is 5.56. The number of nitrogens with one attached hydrogen (secondary N) is 1. The van der Waals surface area contributed by atoms with Crippen LogP contribution in [-0.2, 0) is 22.4 Å². The van der Waals surface area contributed by atoms with Crippen molar-refractivity contribution in [3.8, 4) is 11.3 Å². The number of piperazine rings is 1. The van der Waals surface area contributed by atoms with Gasteiger partial charge in [0.15, 0.2) is 0 Å². The van der Waals surface area contributed by atoms with E-state index in [1.54, 1.807) is 0 Å². The molecular formula is C24H29FN4O4. The largest absolute Gasteiger partial charge is 0.478 e. The number of aryl methyl sites for hydroxylation is 1. The van der Waals surface area contributed by atoms with Crippen molar-refractivity contribution in [2.24, 2.45) is 0 Å². The van der Waals surface area contributed by atoms with Gasteiger partial charge in [0.1, 0.15) is 5.82 Å². The number of carboxylic acid groups (broad SMARTS) is 2. The van der Waals surface area contributed by atoms with Crippen LogP contribution in [0.25, 0.3) is 11.3 Å². The van der Waals surface area contributed by atoms with Crippen LogP contribution in [0.15, 0.2) is 36.4 Å². The Kier molecular flexibility index (Phi) is 8.88. The third-order valence-electron chi connectivity index (χ3n) is 5.56. The van der Waals surface area contributed by atoms with Crippen molar-refractivity contribution in [3.63, 3.8) is 0 Å². The van der Waals surface area contributed by atoms with Gasteiger partial charge >= 0.3 is 11.9 Å². The van der Waals surface area contributed by atoms with Gasteiger partial charge in [-0.15, -0.1) is 0 Å². The summed E-state index contributed by atoms with van der Waals surface area (Å²) in [6, 6.07) is 6.74. The lowest BCUT2D eigenvalue weighted by Crippen LogP contribution is -2.44. The van der Waals surface area contributed by atoms with Crippen molar-refractivity contribution in [1.29, 1.82) is 0 Å². The summed E-state index contributed by atoms with van der Waals surface area (Å²) in [4.78, 5) is 31.3. The number of hydrogen-bond donors (Lipinski definition) is 3. The highest BCUT2D eigenvalue weighted by Crippen LogP contribution is 2.30. The Morgan fingerprint density at radius 2 is 1.52 bits per heavy atom. The number of carboxylic acids is 2. The van der Waals surface area contributed by atoms with Crippen molar-refractivity contribution >= 4 is 17.9 Å². The summed E-state index contributed by atoms with van der Waals surface area (Å²) < 4.78 is 13.4. The molecule has 1 aliphatic heterocycles. The van der Waals surface area contributed by atoms with Gasteiger partial charge in [-0.25, -0.2) is 23.9 Å². The summed E-state index contributed by atoms with van der Waals surface area (Å²) >= 11 is 0. The predicted octanol–water partition coefficient (Wildman–Crippen LogP) is 3.06. The van der Waals surface area contributed by atoms with E-state index in [4.69, 9.17) is 20.2 Å². The number of benzene rings is 1. The highest BCUT2D eigenvalue weighted by atomic mass is 19.1. The van der Waals surface area contributed by atoms with E-state index >= 15 is 0 Å². The third kappa shape index (κ3) is 7.35. The highest BCUT2D eigenvalue weighted by Gasteiger charge is 2.21. The molecule has 0 atom stereocenters. The minimum Gasteiger partial charge on any atom is -0.478 e. The standard InChI is InChI=1S/C20H25FN4.C4H4O4/c21-16-9-7-15(8-10-16)19-17-5-3-1-2-4-6-18(17)23-20(24-19)25-13-11-22-12-14-25;5-3(6)1-2-4(7)8/h7-10,22H,1-6,11-14H2;1-2H,(H,5,6)(H,7,8)/b;2-1-. The zero-order chi connectivity index (χ0) is 23.6. The minimum absolute atomic E-state index is 0.206. The maximum Gasteiger partial charge on any atom is 0.328 e. The smallest absolute Gasteiger partial charge is 0.328 e. The molecule has 1 aromatic carbocycles. The number of fused-ring (bicyclic) bond motifs is 1. The van der Waals surface area contributed by atoms with E-state index in [0.717, 1.165) is 56.2 Å². The Hall–Kier alpha value is -3.33. The molecule has 2 aliphatic rings. The number of hydrogen-bond acceptors (Lipinski definition) is 6. The molecule has 4 rings (SSSR count). The SMILES string of the molecule is Fc1ccc(-c2nc(N3CCNCC3)nc3c2CCCCCC3)cc1.O=C(O)/C=C\C(=O)O. The van der Waals surface area contributed by atoms with Gasteiger partial charge in [0.05, 0.1) is 5.69 Å². The number of nitrogens with zero attached hydrogens (tertiary/aromatic N) is 3. The maximum absolute atomic E-state index is 13.4. The molecule has 8 nitrogen and oxygen atoms in total. The maximum atomic E-state index is 13.4. The Balaban J connectivity index is 0.000000331. The van der Waals surface area contributed by atoms with Crippen LogP contribution in [-0.4, -0.2) is 58.3 Å². The monoisotopic (exact) mass is 456 g/mol. The quantitative estimate of drug-likeness (QED) is 0.602. The Morgan fingerprint density at radius 3 is 2.12 bits per heavy atom. The fourth-order valence-electron chi connectivity index (χ4n) is 3.93. The first-order chi connectivity index (χ1) is 15.9. The lowest BCUT2D eigenvalue weighted by atomic mass is 9.93. The van der Waals surface area contributed by atoms with Gasteiger partial charge in [0, 0.05) is 55.2 Å². The molecule has 0 unspecified atom stereocenters. The van der Waals surface area contributed by atoms with Gasteiger partial charge in [0.25, 0.3) is 0 Å². The van der Waals surface area contributed by atoms with Gasteiger partial charge in [0.2, 0.25) is 5.95 Å². The molecule has 3 N–H and O–H groups in total. The van der Waals surface area contributed by atoms with Crippen molar-refractivity contribution in [3.05, 3.63) is 53.5 Å². The lowest BCUT2D eigenvalue weighted by molar-refractivity contribution is -0.134. The van der Waals surface area contributed by atoms with Crippen molar-refractivity contribution in [2.45, 2.75) is 38.5 Å². The van der Waals surface area contributed by atoms with Crippen molar-refractivity contribution < 1.29 is 24.2 Å². The summed E-state index contributed by atoms with van der Waals surface area (Å²) in [5.41, 5.74) is 4.46. The first-order valence-corrected chi connectivity index (χ1v) is 11.2. The highest BCUT2D eigenvalue weighted by molar-refractivity contribution is 5.89. The summed E-state index contributed by atoms with van der Waals surface area (Å²) in [6.07, 6.45) is 8.06. The molecule has 0 radical (unpaired) electrons. The molecule has 1 fully saturated rings. The zero-order valence-corrected chi connectivity index (χ0v) is 18.5. The average molecular weight is 457 g/mol. The fraction of sp³-hybridized carbons (Fsp3) is 0.417.